The van der Waals surface area contributed by atoms with E-state index in [4.69, 9.17) is 0 Å². The van der Waals surface area contributed by atoms with Crippen molar-refractivity contribution in [2.24, 2.45) is 35.5 Å². The molecule has 180 valence electrons. The summed E-state index contributed by atoms with van der Waals surface area (Å²) >= 11 is 0. The van der Waals surface area contributed by atoms with Crippen LogP contribution in [0.25, 0.3) is 0 Å². The monoisotopic (exact) mass is 450 g/mol. The Kier molecular flexibility index (Phi) is 19.9. The van der Waals surface area contributed by atoms with Crippen LogP contribution in [-0.2, 0) is 28.8 Å². The lowest BCUT2D eigenvalue weighted by Crippen LogP contribution is -2.68. The Hall–Kier alpha value is -3.42. The number of hydrogen-bond donors (Lipinski definition) is 6. The van der Waals surface area contributed by atoms with Gasteiger partial charge in [0, 0.05) is 71.3 Å². The van der Waals surface area contributed by atoms with E-state index < -0.39 is 71.3 Å². The van der Waals surface area contributed by atoms with Gasteiger partial charge in [0.05, 0.1) is 0 Å². The highest BCUT2D eigenvalue weighted by Gasteiger charge is 2.53. The van der Waals surface area contributed by atoms with Gasteiger partial charge in [-0.15, -0.1) is 0 Å². The Morgan fingerprint density at radius 2 is 0.367 bits per heavy atom. The van der Waals surface area contributed by atoms with Crippen molar-refractivity contribution >= 4 is 35.8 Å². The molecule has 1 saturated carbocycles. The summed E-state index contributed by atoms with van der Waals surface area (Å²) in [6.45, 7) is 0. The summed E-state index contributed by atoms with van der Waals surface area (Å²) < 4.78 is 0. The van der Waals surface area contributed by atoms with E-state index in [1.165, 1.54) is 0 Å². The van der Waals surface area contributed by atoms with Crippen molar-refractivity contribution < 1.29 is 59.4 Å². The lowest BCUT2D eigenvalue weighted by Gasteiger charge is -2.53. The topological polar surface area (TPSA) is 460 Å². The van der Waals surface area contributed by atoms with E-state index in [0.29, 0.717) is 0 Å². The molecule has 0 saturated heterocycles. The number of carbonyl (C=O) groups is 6. The fourth-order valence-electron chi connectivity index (χ4n) is 3.10. The molecular formula is C12H30N6O12. The largest absolute Gasteiger partial charge is 0.550 e. The zero-order valence-electron chi connectivity index (χ0n) is 17.4. The molecule has 18 heteroatoms. The second-order valence-corrected chi connectivity index (χ2v) is 5.07. The minimum atomic E-state index is -2.78. The van der Waals surface area contributed by atoms with Crippen molar-refractivity contribution in [3.63, 3.8) is 0 Å². The van der Waals surface area contributed by atoms with Gasteiger partial charge in [-0.05, 0) is 0 Å². The van der Waals surface area contributed by atoms with E-state index >= 15 is 0 Å². The Morgan fingerprint density at radius 3 is 0.400 bits per heavy atom. The van der Waals surface area contributed by atoms with E-state index in [1.807, 2.05) is 0 Å². The predicted molar refractivity (Wildman–Crippen MR) is 86.9 cm³/mol. The smallest absolute Gasteiger partial charge is 0.0458 e. The molecule has 1 aliphatic carbocycles. The summed E-state index contributed by atoms with van der Waals surface area (Å²) in [5, 5.41) is 66.7. The number of rotatable bonds is 6. The highest BCUT2D eigenvalue weighted by molar-refractivity contribution is 5.94. The normalized spacial score (nSPS) is 26.0. The third-order valence-electron chi connectivity index (χ3n) is 3.95. The molecule has 0 radical (unpaired) electrons. The Bertz CT molecular complexity index is 492. The van der Waals surface area contributed by atoms with Crippen molar-refractivity contribution in [3.05, 3.63) is 0 Å². The van der Waals surface area contributed by atoms with E-state index in [9.17, 15) is 59.4 Å². The van der Waals surface area contributed by atoms with E-state index in [1.54, 1.807) is 0 Å². The minimum absolute atomic E-state index is 0. The zero-order chi connectivity index (χ0) is 18.9. The molecule has 0 bridgehead atoms. The van der Waals surface area contributed by atoms with Crippen LogP contribution in [-0.4, -0.2) is 35.8 Å². The maximum atomic E-state index is 11.1. The van der Waals surface area contributed by atoms with Crippen LogP contribution < -0.4 is 67.5 Å². The Balaban J connectivity index is -0.000000240. The first-order valence-corrected chi connectivity index (χ1v) is 6.18. The van der Waals surface area contributed by atoms with Gasteiger partial charge in [-0.2, -0.15) is 0 Å². The standard InChI is InChI=1S/C12H12O12.6H3N/c13-7(14)1-2(8(15)16)4(10(19)20)6(12(23)24)5(11(21)22)3(1)9(17)18;;;;;;/h1-6H,(H,13,14)(H,15,16)(H,17,18)(H,19,20)(H,21,22)(H,23,24);6*1H3. The van der Waals surface area contributed by atoms with Crippen LogP contribution in [0.2, 0.25) is 0 Å². The fraction of sp³-hybridized carbons (Fsp3) is 0.500. The maximum Gasteiger partial charge on any atom is 0.0458 e. The Morgan fingerprint density at radius 1 is 0.300 bits per heavy atom. The fourth-order valence-corrected chi connectivity index (χ4v) is 3.10. The maximum absolute atomic E-state index is 11.1. The first-order valence-electron chi connectivity index (χ1n) is 6.18. The highest BCUT2D eigenvalue weighted by atomic mass is 16.4. The zero-order valence-corrected chi connectivity index (χ0v) is 17.4. The molecule has 0 unspecified atom stereocenters. The molecule has 0 atom stereocenters. The molecule has 1 fully saturated rings. The van der Waals surface area contributed by atoms with E-state index in [2.05, 4.69) is 0 Å². The summed E-state index contributed by atoms with van der Waals surface area (Å²) in [5.41, 5.74) is 0. The number of hydrogen-bond acceptors (Lipinski definition) is 12. The molecule has 1 aliphatic rings. The number of carboxylic acid groups (broad SMARTS) is 6. The van der Waals surface area contributed by atoms with Crippen LogP contribution in [0.1, 0.15) is 0 Å². The number of carboxylic acids is 6. The van der Waals surface area contributed by atoms with Crippen LogP contribution in [0.5, 0.6) is 0 Å². The van der Waals surface area contributed by atoms with E-state index in [-0.39, 0.29) is 36.9 Å². The third kappa shape index (κ3) is 6.88. The van der Waals surface area contributed by atoms with Gasteiger partial charge < -0.3 is 96.3 Å². The summed E-state index contributed by atoms with van der Waals surface area (Å²) in [6.07, 6.45) is 0. The molecule has 0 amide bonds. The summed E-state index contributed by atoms with van der Waals surface area (Å²) in [7, 11) is 0. The minimum Gasteiger partial charge on any atom is -0.550 e. The summed E-state index contributed by atoms with van der Waals surface area (Å²) in [6, 6.07) is 0. The van der Waals surface area contributed by atoms with Gasteiger partial charge in [0.1, 0.15) is 0 Å². The van der Waals surface area contributed by atoms with Crippen molar-refractivity contribution in [2.45, 2.75) is 0 Å². The molecule has 0 aromatic rings. The van der Waals surface area contributed by atoms with Gasteiger partial charge in [0.2, 0.25) is 0 Å². The average molecular weight is 450 g/mol. The summed E-state index contributed by atoms with van der Waals surface area (Å²) in [4.78, 5) is 66.7. The van der Waals surface area contributed by atoms with Gasteiger partial charge >= 0.3 is 0 Å². The first kappa shape index (κ1) is 41.1. The van der Waals surface area contributed by atoms with Crippen molar-refractivity contribution in [1.82, 2.24) is 36.9 Å². The number of carbonyl (C=O) groups excluding carboxylic acids is 6. The SMILES string of the molecule is O=C([O-])C1C(C(=O)[O-])C(C(=O)[O-])C(C(=O)[O-])C(C(=O)[O-])C1C(=O)[O-].[NH4+].[NH4+].[NH4+].[NH4+].[NH4+].[NH4+]. The van der Waals surface area contributed by atoms with Gasteiger partial charge in [-0.1, -0.05) is 0 Å². The average Bonchev–Trinajstić information content (AvgIpc) is 2.42. The van der Waals surface area contributed by atoms with Gasteiger partial charge in [0.15, 0.2) is 0 Å². The molecule has 1 rings (SSSR count). The predicted octanol–water partition coefficient (Wildman–Crippen LogP) is -7.55. The third-order valence-corrected chi connectivity index (χ3v) is 3.95. The molecule has 0 spiro atoms. The molecule has 0 heterocycles. The van der Waals surface area contributed by atoms with Crippen LogP contribution in [0.15, 0.2) is 0 Å². The van der Waals surface area contributed by atoms with E-state index in [0.717, 1.165) is 0 Å². The van der Waals surface area contributed by atoms with Crippen LogP contribution >= 0.6 is 0 Å². The summed E-state index contributed by atoms with van der Waals surface area (Å²) in [5.74, 6) is -31.4. The first-order chi connectivity index (χ1) is 10.9. The van der Waals surface area contributed by atoms with Crippen LogP contribution in [0, 0.1) is 35.5 Å². The Labute approximate surface area is 168 Å². The van der Waals surface area contributed by atoms with Crippen molar-refractivity contribution in [2.75, 3.05) is 0 Å². The molecular weight excluding hydrogens is 420 g/mol. The lowest BCUT2D eigenvalue weighted by molar-refractivity contribution is -0.364. The molecule has 24 N–H and O–H groups in total. The second kappa shape index (κ2) is 14.6. The molecule has 0 aromatic heterocycles. The van der Waals surface area contributed by atoms with Crippen LogP contribution in [0.3, 0.4) is 0 Å². The molecule has 0 aromatic carbocycles. The lowest BCUT2D eigenvalue weighted by atomic mass is 9.56. The molecule has 18 nitrogen and oxygen atoms in total. The number of quaternary nitrogens is 6. The van der Waals surface area contributed by atoms with Gasteiger partial charge in [-0.25, -0.2) is 0 Å². The highest BCUT2D eigenvalue weighted by Crippen LogP contribution is 2.45. The van der Waals surface area contributed by atoms with Gasteiger partial charge in [0.25, 0.3) is 0 Å². The molecule has 30 heavy (non-hydrogen) atoms. The van der Waals surface area contributed by atoms with Crippen molar-refractivity contribution in [1.29, 1.82) is 0 Å². The van der Waals surface area contributed by atoms with Crippen LogP contribution in [0.4, 0.5) is 0 Å². The molecule has 0 aliphatic heterocycles. The number of aliphatic carboxylic acids is 6. The quantitative estimate of drug-likeness (QED) is 0.219. The van der Waals surface area contributed by atoms with Gasteiger partial charge in [-0.3, -0.25) is 0 Å². The van der Waals surface area contributed by atoms with Crippen molar-refractivity contribution in [3.8, 4) is 0 Å². The second-order valence-electron chi connectivity index (χ2n) is 5.07.